The van der Waals surface area contributed by atoms with Gasteiger partial charge in [-0.05, 0) is 11.5 Å². The second-order valence-electron chi connectivity index (χ2n) is 4.82. The zero-order valence-electron chi connectivity index (χ0n) is 12.5. The minimum absolute atomic E-state index is 0.0349. The standard InChI is InChI=1S/C17H12N2O4/c1-22-16(20)13-12(9-18)19-8-7-10-5-3-4-6-11(10)15(19)14(13)17(21)23-2/h3-8H,1-2H3. The molecule has 0 aliphatic rings. The Morgan fingerprint density at radius 3 is 2.35 bits per heavy atom. The average molecular weight is 308 g/mol. The number of carbonyl (C=O) groups excluding carboxylic acids is 2. The molecule has 0 unspecified atom stereocenters. The fourth-order valence-corrected chi connectivity index (χ4v) is 2.73. The van der Waals surface area contributed by atoms with Crippen molar-refractivity contribution < 1.29 is 19.1 Å². The summed E-state index contributed by atoms with van der Waals surface area (Å²) in [5.41, 5.74) is 0.441. The summed E-state index contributed by atoms with van der Waals surface area (Å²) in [4.78, 5) is 24.4. The van der Waals surface area contributed by atoms with Gasteiger partial charge in [0, 0.05) is 11.6 Å². The van der Waals surface area contributed by atoms with Crippen LogP contribution >= 0.6 is 0 Å². The predicted octanol–water partition coefficient (Wildman–Crippen LogP) is 2.54. The van der Waals surface area contributed by atoms with Crippen molar-refractivity contribution in [2.75, 3.05) is 14.2 Å². The van der Waals surface area contributed by atoms with Gasteiger partial charge in [-0.1, -0.05) is 24.3 Å². The largest absolute Gasteiger partial charge is 0.465 e. The molecular formula is C17H12N2O4. The Balaban J connectivity index is 2.60. The van der Waals surface area contributed by atoms with Gasteiger partial charge in [0.2, 0.25) is 0 Å². The monoisotopic (exact) mass is 308 g/mol. The highest BCUT2D eigenvalue weighted by Gasteiger charge is 2.30. The minimum Gasteiger partial charge on any atom is -0.465 e. The maximum atomic E-state index is 12.3. The van der Waals surface area contributed by atoms with Crippen LogP contribution in [0.25, 0.3) is 16.3 Å². The Bertz CT molecular complexity index is 995. The van der Waals surface area contributed by atoms with Crippen molar-refractivity contribution >= 4 is 28.2 Å². The van der Waals surface area contributed by atoms with E-state index in [1.54, 1.807) is 6.20 Å². The topological polar surface area (TPSA) is 80.8 Å². The Morgan fingerprint density at radius 2 is 1.70 bits per heavy atom. The van der Waals surface area contributed by atoms with Crippen LogP contribution in [0.4, 0.5) is 0 Å². The number of hydrogen-bond acceptors (Lipinski definition) is 5. The first-order valence-electron chi connectivity index (χ1n) is 6.76. The molecule has 0 amide bonds. The molecular weight excluding hydrogens is 296 g/mol. The van der Waals surface area contributed by atoms with E-state index in [1.807, 2.05) is 36.4 Å². The highest BCUT2D eigenvalue weighted by atomic mass is 16.5. The number of aromatic nitrogens is 1. The molecule has 23 heavy (non-hydrogen) atoms. The third-order valence-corrected chi connectivity index (χ3v) is 3.71. The maximum Gasteiger partial charge on any atom is 0.341 e. The van der Waals surface area contributed by atoms with Crippen LogP contribution in [0.15, 0.2) is 36.5 Å². The second kappa shape index (κ2) is 5.46. The number of nitriles is 1. The lowest BCUT2D eigenvalue weighted by molar-refractivity contribution is 0.0558. The van der Waals surface area contributed by atoms with E-state index in [0.717, 1.165) is 10.8 Å². The highest BCUT2D eigenvalue weighted by Crippen LogP contribution is 2.31. The van der Waals surface area contributed by atoms with E-state index in [4.69, 9.17) is 9.47 Å². The number of esters is 2. The Morgan fingerprint density at radius 1 is 1.04 bits per heavy atom. The third-order valence-electron chi connectivity index (χ3n) is 3.71. The first-order valence-corrected chi connectivity index (χ1v) is 6.76. The van der Waals surface area contributed by atoms with Crippen LogP contribution in [-0.4, -0.2) is 30.6 Å². The molecule has 2 heterocycles. The summed E-state index contributed by atoms with van der Waals surface area (Å²) >= 11 is 0. The maximum absolute atomic E-state index is 12.3. The fourth-order valence-electron chi connectivity index (χ4n) is 2.73. The summed E-state index contributed by atoms with van der Waals surface area (Å²) in [6, 6.07) is 11.2. The smallest absolute Gasteiger partial charge is 0.341 e. The number of rotatable bonds is 2. The SMILES string of the molecule is COC(=O)c1c(C(=O)OC)c2c3ccccc3ccn2c1C#N. The lowest BCUT2D eigenvalue weighted by Gasteiger charge is -2.04. The molecule has 6 heteroatoms. The number of hydrogen-bond donors (Lipinski definition) is 0. The van der Waals surface area contributed by atoms with Gasteiger partial charge in [0.1, 0.15) is 22.9 Å². The van der Waals surface area contributed by atoms with E-state index in [1.165, 1.54) is 18.6 Å². The molecule has 6 nitrogen and oxygen atoms in total. The van der Waals surface area contributed by atoms with Gasteiger partial charge in [-0.25, -0.2) is 9.59 Å². The summed E-state index contributed by atoms with van der Waals surface area (Å²) in [5.74, 6) is -1.45. The van der Waals surface area contributed by atoms with E-state index in [2.05, 4.69) is 0 Å². The number of ether oxygens (including phenoxy) is 2. The van der Waals surface area contributed by atoms with Gasteiger partial charge in [-0.15, -0.1) is 0 Å². The van der Waals surface area contributed by atoms with Crippen molar-refractivity contribution in [1.29, 1.82) is 5.26 Å². The van der Waals surface area contributed by atoms with Crippen LogP contribution in [0, 0.1) is 11.3 Å². The van der Waals surface area contributed by atoms with Crippen LogP contribution in [0.1, 0.15) is 26.4 Å². The van der Waals surface area contributed by atoms with Crippen molar-refractivity contribution in [2.45, 2.75) is 0 Å². The summed E-state index contributed by atoms with van der Waals surface area (Å²) in [7, 11) is 2.43. The number of methoxy groups -OCH3 is 2. The van der Waals surface area contributed by atoms with E-state index in [-0.39, 0.29) is 16.8 Å². The van der Waals surface area contributed by atoms with Gasteiger partial charge in [-0.2, -0.15) is 5.26 Å². The molecule has 0 atom stereocenters. The van der Waals surface area contributed by atoms with E-state index >= 15 is 0 Å². The molecule has 0 spiro atoms. The van der Waals surface area contributed by atoms with Gasteiger partial charge in [0.25, 0.3) is 0 Å². The lowest BCUT2D eigenvalue weighted by atomic mass is 10.1. The number of nitrogens with zero attached hydrogens (tertiary/aromatic N) is 2. The molecule has 0 aliphatic carbocycles. The number of carbonyl (C=O) groups is 2. The molecule has 0 saturated carbocycles. The van der Waals surface area contributed by atoms with E-state index in [9.17, 15) is 14.9 Å². The van der Waals surface area contributed by atoms with Crippen LogP contribution in [-0.2, 0) is 9.47 Å². The van der Waals surface area contributed by atoms with Crippen molar-refractivity contribution in [2.24, 2.45) is 0 Å². The summed E-state index contributed by atoms with van der Waals surface area (Å²) in [6.45, 7) is 0. The van der Waals surface area contributed by atoms with Crippen molar-refractivity contribution in [1.82, 2.24) is 4.40 Å². The summed E-state index contributed by atoms with van der Waals surface area (Å²) < 4.78 is 11.1. The van der Waals surface area contributed by atoms with Gasteiger partial charge in [-0.3, -0.25) is 0 Å². The van der Waals surface area contributed by atoms with Crippen molar-refractivity contribution in [3.63, 3.8) is 0 Å². The molecule has 0 bridgehead atoms. The lowest BCUT2D eigenvalue weighted by Crippen LogP contribution is -2.10. The Hall–Kier alpha value is -3.33. The first kappa shape index (κ1) is 14.6. The molecule has 3 rings (SSSR count). The summed E-state index contributed by atoms with van der Waals surface area (Å²) in [6.07, 6.45) is 1.65. The van der Waals surface area contributed by atoms with Gasteiger partial charge < -0.3 is 13.9 Å². The van der Waals surface area contributed by atoms with Gasteiger partial charge in [0.15, 0.2) is 0 Å². The molecule has 114 valence electrons. The Labute approximate surface area is 131 Å². The molecule has 2 aromatic heterocycles. The van der Waals surface area contributed by atoms with E-state index in [0.29, 0.717) is 5.52 Å². The molecule has 0 aliphatic heterocycles. The number of pyridine rings is 1. The summed E-state index contributed by atoms with van der Waals surface area (Å²) in [5, 5.41) is 11.1. The van der Waals surface area contributed by atoms with E-state index < -0.39 is 11.9 Å². The molecule has 0 radical (unpaired) electrons. The Kier molecular flexibility index (Phi) is 3.47. The van der Waals surface area contributed by atoms with Gasteiger partial charge >= 0.3 is 11.9 Å². The van der Waals surface area contributed by atoms with Crippen LogP contribution in [0.2, 0.25) is 0 Å². The first-order chi connectivity index (χ1) is 11.1. The molecule has 3 aromatic rings. The van der Waals surface area contributed by atoms with Crippen LogP contribution in [0.5, 0.6) is 0 Å². The average Bonchev–Trinajstić information content (AvgIpc) is 2.94. The van der Waals surface area contributed by atoms with Gasteiger partial charge in [0.05, 0.1) is 19.7 Å². The zero-order chi connectivity index (χ0) is 16.6. The zero-order valence-corrected chi connectivity index (χ0v) is 12.5. The highest BCUT2D eigenvalue weighted by molar-refractivity contribution is 6.15. The normalized spacial score (nSPS) is 10.5. The molecule has 0 saturated heterocycles. The molecule has 0 N–H and O–H groups in total. The molecule has 0 fully saturated rings. The van der Waals surface area contributed by atoms with Crippen molar-refractivity contribution in [3.8, 4) is 6.07 Å². The second-order valence-corrected chi connectivity index (χ2v) is 4.82. The minimum atomic E-state index is -0.755. The van der Waals surface area contributed by atoms with Crippen LogP contribution in [0.3, 0.4) is 0 Å². The fraction of sp³-hybridized carbons (Fsp3) is 0.118. The van der Waals surface area contributed by atoms with Crippen molar-refractivity contribution in [3.05, 3.63) is 53.3 Å². The number of benzene rings is 1. The number of fused-ring (bicyclic) bond motifs is 3. The quantitative estimate of drug-likeness (QED) is 0.680. The predicted molar refractivity (Wildman–Crippen MR) is 82.3 cm³/mol. The molecule has 1 aromatic carbocycles. The van der Waals surface area contributed by atoms with Crippen LogP contribution < -0.4 is 0 Å². The third kappa shape index (κ3) is 2.02.